The Morgan fingerprint density at radius 1 is 0.690 bits per heavy atom. The number of thiazole rings is 1. The quantitative estimate of drug-likeness (QED) is 0.157. The summed E-state index contributed by atoms with van der Waals surface area (Å²) in [4.78, 5) is 1.34. The van der Waals surface area contributed by atoms with Crippen molar-refractivity contribution in [2.75, 3.05) is 6.61 Å². The zero-order valence-electron chi connectivity index (χ0n) is 19.7. The van der Waals surface area contributed by atoms with E-state index in [1.54, 1.807) is 11.3 Å². The molecule has 0 aromatic carbocycles. The zero-order chi connectivity index (χ0) is 21.0. The first-order chi connectivity index (χ1) is 14.3. The van der Waals surface area contributed by atoms with E-state index in [1.165, 1.54) is 126 Å². The van der Waals surface area contributed by atoms with Gasteiger partial charge in [0, 0.05) is 26.4 Å². The highest BCUT2D eigenvalue weighted by Gasteiger charge is 2.13. The van der Waals surface area contributed by atoms with Gasteiger partial charge in [-0.2, -0.15) is 4.57 Å². The summed E-state index contributed by atoms with van der Waals surface area (Å²) in [5.74, 6) is 0. The molecule has 0 radical (unpaired) electrons. The molecule has 0 saturated carbocycles. The normalized spacial score (nSPS) is 11.4. The molecule has 1 N–H and O–H groups in total. The molecule has 2 nitrogen and oxygen atoms in total. The number of rotatable bonds is 21. The molecule has 0 saturated heterocycles. The van der Waals surface area contributed by atoms with Gasteiger partial charge in [0.1, 0.15) is 6.54 Å². The lowest BCUT2D eigenvalue weighted by atomic mass is 10.0. The zero-order valence-corrected chi connectivity index (χ0v) is 20.5. The Labute approximate surface area is 186 Å². The summed E-state index contributed by atoms with van der Waals surface area (Å²) in [6, 6.07) is 0. The number of hydrogen-bond donors (Lipinski definition) is 1. The van der Waals surface area contributed by atoms with Crippen molar-refractivity contribution < 1.29 is 9.67 Å². The van der Waals surface area contributed by atoms with Gasteiger partial charge in [0.15, 0.2) is 5.69 Å². The lowest BCUT2D eigenvalue weighted by molar-refractivity contribution is -0.698. The second-order valence-corrected chi connectivity index (χ2v) is 9.85. The molecule has 0 bridgehead atoms. The average Bonchev–Trinajstić information content (AvgIpc) is 3.07. The topological polar surface area (TPSA) is 24.1 Å². The summed E-state index contributed by atoms with van der Waals surface area (Å²) in [7, 11) is 0. The summed E-state index contributed by atoms with van der Waals surface area (Å²) in [5, 5.41) is 9.09. The van der Waals surface area contributed by atoms with E-state index in [1.807, 2.05) is 0 Å². The van der Waals surface area contributed by atoms with E-state index in [0.29, 0.717) is 0 Å². The number of unbranched alkanes of at least 4 members (excludes halogenated alkanes) is 17. The Kier molecular flexibility index (Phi) is 17.9. The van der Waals surface area contributed by atoms with Crippen LogP contribution in [0.1, 0.15) is 133 Å². The van der Waals surface area contributed by atoms with E-state index in [2.05, 4.69) is 23.9 Å². The Morgan fingerprint density at radius 2 is 1.10 bits per heavy atom. The molecular weight excluding hydrogens is 374 g/mol. The van der Waals surface area contributed by atoms with Crippen molar-refractivity contribution in [2.45, 2.75) is 142 Å². The molecule has 0 unspecified atom stereocenters. The summed E-state index contributed by atoms with van der Waals surface area (Å²) in [6.07, 6.45) is 26.6. The van der Waals surface area contributed by atoms with Crippen molar-refractivity contribution >= 4 is 11.3 Å². The molecule has 0 fully saturated rings. The Bertz CT molecular complexity index is 471. The Balaban J connectivity index is 1.78. The predicted molar refractivity (Wildman–Crippen MR) is 129 cm³/mol. The van der Waals surface area contributed by atoms with Gasteiger partial charge in [-0.3, -0.25) is 0 Å². The van der Waals surface area contributed by atoms with Gasteiger partial charge in [-0.1, -0.05) is 121 Å². The van der Waals surface area contributed by atoms with Crippen LogP contribution in [0.3, 0.4) is 0 Å². The van der Waals surface area contributed by atoms with Gasteiger partial charge in [-0.05, 0) is 6.42 Å². The molecule has 0 atom stereocenters. The monoisotopic (exact) mass is 424 g/mol. The molecule has 0 aliphatic heterocycles. The highest BCUT2D eigenvalue weighted by molar-refractivity contribution is 7.09. The maximum Gasteiger partial charge on any atom is 0.225 e. The molecule has 0 amide bonds. The van der Waals surface area contributed by atoms with Crippen molar-refractivity contribution in [3.05, 3.63) is 16.1 Å². The highest BCUT2D eigenvalue weighted by Crippen LogP contribution is 2.15. The fourth-order valence-corrected chi connectivity index (χ4v) is 5.21. The molecule has 0 spiro atoms. The number of aromatic nitrogens is 1. The first-order valence-corrected chi connectivity index (χ1v) is 13.7. The first kappa shape index (κ1) is 26.6. The van der Waals surface area contributed by atoms with Crippen LogP contribution in [0, 0.1) is 6.92 Å². The van der Waals surface area contributed by atoms with Crippen LogP contribution < -0.4 is 4.57 Å². The molecule has 29 heavy (non-hydrogen) atoms. The van der Waals surface area contributed by atoms with Crippen molar-refractivity contribution in [1.82, 2.24) is 0 Å². The van der Waals surface area contributed by atoms with Gasteiger partial charge in [-0.25, -0.2) is 0 Å². The molecule has 3 heteroatoms. The summed E-state index contributed by atoms with van der Waals surface area (Å²) in [6.45, 7) is 5.90. The van der Waals surface area contributed by atoms with Gasteiger partial charge < -0.3 is 5.11 Å². The van der Waals surface area contributed by atoms with Crippen molar-refractivity contribution in [3.63, 3.8) is 0 Å². The highest BCUT2D eigenvalue weighted by atomic mass is 32.1. The Hall–Kier alpha value is -0.410. The van der Waals surface area contributed by atoms with E-state index >= 15 is 0 Å². The van der Waals surface area contributed by atoms with Crippen LogP contribution in [0.15, 0.2) is 5.51 Å². The predicted octanol–water partition coefficient (Wildman–Crippen LogP) is 7.92. The standard InChI is InChI=1S/C26H50NOS/c1-3-4-5-6-7-8-9-10-11-12-13-14-15-16-17-18-19-20-22-27-24-29-26(21-23-28)25(27)2/h24,28H,3-23H2,1-2H3/q+1. The van der Waals surface area contributed by atoms with Crippen LogP contribution >= 0.6 is 11.3 Å². The molecular formula is C26H50NOS+. The van der Waals surface area contributed by atoms with Crippen molar-refractivity contribution in [1.29, 1.82) is 0 Å². The van der Waals surface area contributed by atoms with Gasteiger partial charge in [0.05, 0.1) is 4.88 Å². The summed E-state index contributed by atoms with van der Waals surface area (Å²) in [5.41, 5.74) is 3.59. The smallest absolute Gasteiger partial charge is 0.225 e. The largest absolute Gasteiger partial charge is 0.396 e. The van der Waals surface area contributed by atoms with Gasteiger partial charge in [-0.15, -0.1) is 0 Å². The second kappa shape index (κ2) is 19.5. The molecule has 1 aromatic heterocycles. The molecule has 1 rings (SSSR count). The molecule has 1 aromatic rings. The third-order valence-corrected chi connectivity index (χ3v) is 7.39. The molecule has 1 heterocycles. The number of aryl methyl sites for hydroxylation is 1. The minimum absolute atomic E-state index is 0.264. The maximum atomic E-state index is 9.09. The third kappa shape index (κ3) is 14.3. The lowest BCUT2D eigenvalue weighted by Crippen LogP contribution is -2.34. The van der Waals surface area contributed by atoms with Crippen LogP contribution in [0.4, 0.5) is 0 Å². The van der Waals surface area contributed by atoms with Crippen LogP contribution in [0.5, 0.6) is 0 Å². The maximum absolute atomic E-state index is 9.09. The van der Waals surface area contributed by atoms with Crippen molar-refractivity contribution in [3.8, 4) is 0 Å². The molecule has 0 aliphatic carbocycles. The summed E-state index contributed by atoms with van der Waals surface area (Å²) < 4.78 is 2.38. The van der Waals surface area contributed by atoms with Crippen LogP contribution in [-0.4, -0.2) is 11.7 Å². The van der Waals surface area contributed by atoms with E-state index in [9.17, 15) is 0 Å². The van der Waals surface area contributed by atoms with Crippen LogP contribution in [0.25, 0.3) is 0 Å². The van der Waals surface area contributed by atoms with Gasteiger partial charge >= 0.3 is 0 Å². The van der Waals surface area contributed by atoms with Crippen molar-refractivity contribution in [2.24, 2.45) is 0 Å². The Morgan fingerprint density at radius 3 is 1.52 bits per heavy atom. The third-order valence-electron chi connectivity index (χ3n) is 6.25. The van der Waals surface area contributed by atoms with E-state index in [-0.39, 0.29) is 6.61 Å². The van der Waals surface area contributed by atoms with Gasteiger partial charge in [0.2, 0.25) is 5.51 Å². The minimum atomic E-state index is 0.264. The van der Waals surface area contributed by atoms with Crippen LogP contribution in [-0.2, 0) is 13.0 Å². The molecule has 170 valence electrons. The van der Waals surface area contributed by atoms with Gasteiger partial charge in [0.25, 0.3) is 0 Å². The van der Waals surface area contributed by atoms with E-state index in [4.69, 9.17) is 5.11 Å². The van der Waals surface area contributed by atoms with E-state index < -0.39 is 0 Å². The second-order valence-electron chi connectivity index (χ2n) is 8.91. The number of hydrogen-bond acceptors (Lipinski definition) is 2. The average molecular weight is 425 g/mol. The number of aliphatic hydroxyl groups excluding tert-OH is 1. The number of nitrogens with zero attached hydrogens (tertiary/aromatic N) is 1. The SMILES string of the molecule is CCCCCCCCCCCCCCCCCCCC[n+]1csc(CCO)c1C. The summed E-state index contributed by atoms with van der Waals surface area (Å²) >= 11 is 1.79. The van der Waals surface area contributed by atoms with E-state index in [0.717, 1.165) is 13.0 Å². The lowest BCUT2D eigenvalue weighted by Gasteiger charge is -2.03. The fraction of sp³-hybridized carbons (Fsp3) is 0.885. The fourth-order valence-electron chi connectivity index (χ4n) is 4.20. The number of aliphatic hydroxyl groups is 1. The minimum Gasteiger partial charge on any atom is -0.396 e. The van der Waals surface area contributed by atoms with Crippen LogP contribution in [0.2, 0.25) is 0 Å². The first-order valence-electron chi connectivity index (χ1n) is 12.9. The molecule has 0 aliphatic rings.